The number of methoxy groups -OCH3 is 1. The van der Waals surface area contributed by atoms with Crippen LogP contribution in [0.15, 0.2) is 18.2 Å². The minimum atomic E-state index is -4.34. The third-order valence-corrected chi connectivity index (χ3v) is 16.0. The van der Waals surface area contributed by atoms with Crippen molar-refractivity contribution in [2.45, 2.75) is 146 Å². The number of amides is 4. The van der Waals surface area contributed by atoms with Gasteiger partial charge >= 0.3 is 6.09 Å². The van der Waals surface area contributed by atoms with E-state index in [4.69, 9.17) is 14.2 Å². The monoisotopic (exact) mass is 924 g/mol. The first-order valence-electron chi connectivity index (χ1n) is 21.7. The molecule has 2 unspecified atom stereocenters. The van der Waals surface area contributed by atoms with E-state index in [1.165, 1.54) is 46.1 Å². The predicted octanol–water partition coefficient (Wildman–Crippen LogP) is 5.16. The fraction of sp³-hybridized carbons (Fsp3) is 0.698. The minimum Gasteiger partial charge on any atom is -0.497 e. The van der Waals surface area contributed by atoms with Gasteiger partial charge in [-0.3, -0.25) is 23.9 Å². The van der Waals surface area contributed by atoms with Gasteiger partial charge in [-0.2, -0.15) is 8.78 Å². The Kier molecular flexibility index (Phi) is 12.4. The second kappa shape index (κ2) is 16.9. The van der Waals surface area contributed by atoms with Crippen molar-refractivity contribution < 1.29 is 64.2 Å². The standard InChI is InChI=1S/C43H56F4N6O10S/c1-21-30-20-53(31(21)35(55)51-42(19-26(42)34(44)45)38(57)52-64(59,60)41(6)16-17-41)37(56)33(40(3,4)5)50-39(58)63-29-14-12-24(22(2)54)25(29)10-8-9-15-43(46,47)32-36(62-30)49-28-18-23(61-7)11-13-27(28)48-32/h11,13,18,21,24-26,29-31,33-34H,8-10,12,14-17,19-20H2,1-7H3,(H,50,58)(H,51,55)(H,52,57)/t21-,24?,25?,26+,29-,30+,31+,33-,42-/m1/s1. The molecule has 0 spiro atoms. The van der Waals surface area contributed by atoms with Crippen molar-refractivity contribution >= 4 is 50.7 Å². The number of hydrogen-bond acceptors (Lipinski definition) is 12. The smallest absolute Gasteiger partial charge is 0.408 e. The summed E-state index contributed by atoms with van der Waals surface area (Å²) in [6.45, 7) is 8.71. The minimum absolute atomic E-state index is 0.0270. The molecule has 21 heteroatoms. The summed E-state index contributed by atoms with van der Waals surface area (Å²) in [5, 5.41) is 5.02. The molecule has 1 aromatic carbocycles. The van der Waals surface area contributed by atoms with Gasteiger partial charge in [-0.25, -0.2) is 32.0 Å². The van der Waals surface area contributed by atoms with Crippen molar-refractivity contribution in [2.24, 2.45) is 29.1 Å². The van der Waals surface area contributed by atoms with E-state index in [1.807, 2.05) is 4.72 Å². The van der Waals surface area contributed by atoms with Crippen molar-refractivity contribution in [2.75, 3.05) is 13.7 Å². The number of benzene rings is 1. The summed E-state index contributed by atoms with van der Waals surface area (Å²) in [6, 6.07) is 1.37. The predicted molar refractivity (Wildman–Crippen MR) is 221 cm³/mol. The van der Waals surface area contributed by atoms with Gasteiger partial charge < -0.3 is 29.7 Å². The Labute approximate surface area is 368 Å². The number of alkyl carbamates (subject to hydrolysis) is 1. The van der Waals surface area contributed by atoms with E-state index in [0.29, 0.717) is 18.6 Å². The lowest BCUT2D eigenvalue weighted by Gasteiger charge is -2.36. The molecule has 1 saturated heterocycles. The summed E-state index contributed by atoms with van der Waals surface area (Å²) >= 11 is 0. The molecule has 2 aliphatic heterocycles. The van der Waals surface area contributed by atoms with Crippen LogP contribution in [0.5, 0.6) is 11.6 Å². The zero-order chi connectivity index (χ0) is 46.9. The molecule has 1 aromatic heterocycles. The molecule has 5 aliphatic rings. The lowest BCUT2D eigenvalue weighted by atomic mass is 9.85. The van der Waals surface area contributed by atoms with Gasteiger partial charge in [0.15, 0.2) is 5.69 Å². The summed E-state index contributed by atoms with van der Waals surface area (Å²) in [5.41, 5.74) is -4.07. The molecule has 2 bridgehead atoms. The van der Waals surface area contributed by atoms with Crippen LogP contribution in [0, 0.1) is 29.1 Å². The van der Waals surface area contributed by atoms with E-state index in [-0.39, 0.29) is 48.9 Å². The summed E-state index contributed by atoms with van der Waals surface area (Å²) in [4.78, 5) is 79.5. The number of nitrogens with zero attached hydrogens (tertiary/aromatic N) is 3. The highest BCUT2D eigenvalue weighted by atomic mass is 32.2. The van der Waals surface area contributed by atoms with Crippen LogP contribution >= 0.6 is 0 Å². The fourth-order valence-electron chi connectivity index (χ4n) is 9.47. The first kappa shape index (κ1) is 47.2. The Bertz CT molecular complexity index is 2330. The molecular weight excluding hydrogens is 869 g/mol. The molecule has 16 nitrogen and oxygen atoms in total. The van der Waals surface area contributed by atoms with Crippen LogP contribution in [0.2, 0.25) is 0 Å². The lowest BCUT2D eigenvalue weighted by Crippen LogP contribution is -2.61. The number of Topliss-reactive ketones (excluding diaryl/α,β-unsaturated/α-hetero) is 1. The molecule has 3 N–H and O–H groups in total. The van der Waals surface area contributed by atoms with E-state index in [1.54, 1.807) is 20.8 Å². The number of halogens is 4. The number of nitrogens with one attached hydrogen (secondary N) is 3. The number of carbonyl (C=O) groups excluding carboxylic acids is 5. The van der Waals surface area contributed by atoms with Gasteiger partial charge in [0.1, 0.15) is 41.4 Å². The second-order valence-corrected chi connectivity index (χ2v) is 21.7. The number of aromatic nitrogens is 2. The van der Waals surface area contributed by atoms with E-state index in [9.17, 15) is 41.2 Å². The zero-order valence-electron chi connectivity index (χ0n) is 36.8. The third kappa shape index (κ3) is 8.93. The molecule has 3 heterocycles. The maximum atomic E-state index is 16.6. The molecule has 352 valence electrons. The van der Waals surface area contributed by atoms with Gasteiger partial charge in [0.05, 0.1) is 35.4 Å². The summed E-state index contributed by atoms with van der Waals surface area (Å²) in [7, 11) is -2.93. The maximum absolute atomic E-state index is 16.6. The van der Waals surface area contributed by atoms with Crippen LogP contribution in [0.25, 0.3) is 11.0 Å². The quantitative estimate of drug-likeness (QED) is 0.293. The molecule has 4 fully saturated rings. The highest BCUT2D eigenvalue weighted by Gasteiger charge is 2.68. The van der Waals surface area contributed by atoms with Gasteiger partial charge in [-0.05, 0) is 76.3 Å². The van der Waals surface area contributed by atoms with Crippen molar-refractivity contribution in [3.8, 4) is 11.6 Å². The second-order valence-electron chi connectivity index (χ2n) is 19.5. The lowest BCUT2D eigenvalue weighted by molar-refractivity contribution is -0.143. The van der Waals surface area contributed by atoms with Gasteiger partial charge in [-0.15, -0.1) is 0 Å². The molecule has 3 saturated carbocycles. The third-order valence-electron chi connectivity index (χ3n) is 13.9. The van der Waals surface area contributed by atoms with Crippen molar-refractivity contribution in [3.63, 3.8) is 0 Å². The maximum Gasteiger partial charge on any atom is 0.408 e. The topological polar surface area (TPSA) is 212 Å². The van der Waals surface area contributed by atoms with Gasteiger partial charge in [0.25, 0.3) is 11.8 Å². The summed E-state index contributed by atoms with van der Waals surface area (Å²) < 4.78 is 106. The fourth-order valence-corrected chi connectivity index (χ4v) is 10.8. The summed E-state index contributed by atoms with van der Waals surface area (Å²) in [5.74, 6) is -11.3. The first-order chi connectivity index (χ1) is 29.8. The van der Waals surface area contributed by atoms with Crippen molar-refractivity contribution in [1.82, 2.24) is 30.2 Å². The molecule has 64 heavy (non-hydrogen) atoms. The van der Waals surface area contributed by atoms with E-state index in [0.717, 1.165) is 4.90 Å². The van der Waals surface area contributed by atoms with E-state index >= 15 is 8.78 Å². The Morgan fingerprint density at radius 2 is 1.70 bits per heavy atom. The van der Waals surface area contributed by atoms with Gasteiger partial charge in [-0.1, -0.05) is 34.1 Å². The Morgan fingerprint density at radius 1 is 1.00 bits per heavy atom. The molecule has 7 rings (SSSR count). The number of ether oxygens (including phenoxy) is 3. The molecule has 9 atom stereocenters. The highest BCUT2D eigenvalue weighted by molar-refractivity contribution is 7.91. The normalized spacial score (nSPS) is 31.6. The van der Waals surface area contributed by atoms with Crippen molar-refractivity contribution in [3.05, 3.63) is 23.9 Å². The van der Waals surface area contributed by atoms with Crippen LogP contribution in [0.4, 0.5) is 22.4 Å². The number of ketones is 1. The Morgan fingerprint density at radius 3 is 2.31 bits per heavy atom. The van der Waals surface area contributed by atoms with Crippen molar-refractivity contribution in [1.29, 1.82) is 0 Å². The first-order valence-corrected chi connectivity index (χ1v) is 23.2. The number of fused-ring (bicyclic) bond motifs is 5. The van der Waals surface area contributed by atoms with Gasteiger partial charge in [0, 0.05) is 30.2 Å². The molecular formula is C43H56F4N6O10S. The summed E-state index contributed by atoms with van der Waals surface area (Å²) in [6.07, 6.45) is -5.90. The average molecular weight is 925 g/mol. The van der Waals surface area contributed by atoms with E-state index in [2.05, 4.69) is 20.6 Å². The number of sulfonamides is 1. The number of alkyl halides is 4. The van der Waals surface area contributed by atoms with Gasteiger partial charge in [0.2, 0.25) is 34.1 Å². The Hall–Kier alpha value is -4.82. The SMILES string of the molecule is COc1ccc2nc3c(nc2c1)O[C@H]1CN(C(=O)[C@H](C(C)(C)C)NC(=O)O[C@@H]2CCC(C(C)=O)C2CCCCC3(F)F)[C@H](C(=O)N[C@]2(C(=O)NS(=O)(=O)C3(C)CC3)C[C@H]2C(F)F)[C@@H]1C. The molecule has 0 radical (unpaired) electrons. The zero-order valence-corrected chi connectivity index (χ0v) is 37.7. The average Bonchev–Trinajstić information content (AvgIpc) is 4.07. The van der Waals surface area contributed by atoms with Crippen LogP contribution in [-0.2, 0) is 39.9 Å². The largest absolute Gasteiger partial charge is 0.497 e. The molecule has 2 aromatic rings. The number of carbonyl (C=O) groups is 5. The highest BCUT2D eigenvalue weighted by Crippen LogP contribution is 2.50. The van der Waals surface area contributed by atoms with Crippen LogP contribution in [0.3, 0.4) is 0 Å². The molecule has 4 amide bonds. The van der Waals surface area contributed by atoms with Crippen LogP contribution in [0.1, 0.15) is 105 Å². The van der Waals surface area contributed by atoms with Crippen LogP contribution in [-0.4, -0.2) is 108 Å². The number of rotatable bonds is 8. The van der Waals surface area contributed by atoms with Crippen LogP contribution < -0.4 is 24.8 Å². The number of hydrogen-bond donors (Lipinski definition) is 3. The Balaban J connectivity index is 1.30. The molecule has 3 aliphatic carbocycles. The van der Waals surface area contributed by atoms with E-state index < -0.39 is 141 Å².